The van der Waals surface area contributed by atoms with Crippen LogP contribution in [0.4, 0.5) is 19.3 Å². The molecule has 162 valence electrons. The van der Waals surface area contributed by atoms with Crippen LogP contribution in [0, 0.1) is 18.6 Å². The lowest BCUT2D eigenvalue weighted by Crippen LogP contribution is -2.34. The van der Waals surface area contributed by atoms with Gasteiger partial charge in [0.05, 0.1) is 0 Å². The van der Waals surface area contributed by atoms with Gasteiger partial charge in [0, 0.05) is 12.2 Å². The van der Waals surface area contributed by atoms with Crippen molar-refractivity contribution in [1.29, 1.82) is 0 Å². The number of likely N-dealkylation sites (tertiary alicyclic amines) is 1. The van der Waals surface area contributed by atoms with Crippen LogP contribution in [0.1, 0.15) is 30.3 Å². The van der Waals surface area contributed by atoms with Gasteiger partial charge in [-0.2, -0.15) is 0 Å². The Morgan fingerprint density at radius 3 is 2.72 bits per heavy atom. The molecule has 4 aromatic rings. The molecular formula is C25H21F2N3O2. The van der Waals surface area contributed by atoms with Gasteiger partial charge in [-0.25, -0.2) is 18.6 Å². The second kappa shape index (κ2) is 8.07. The Hall–Kier alpha value is -3.74. The zero-order chi connectivity index (χ0) is 22.2. The first-order valence-electron chi connectivity index (χ1n) is 10.5. The molecule has 0 unspecified atom stereocenters. The van der Waals surface area contributed by atoms with Gasteiger partial charge in [0.1, 0.15) is 23.2 Å². The molecule has 32 heavy (non-hydrogen) atoms. The summed E-state index contributed by atoms with van der Waals surface area (Å²) in [6, 6.07) is 15.8. The van der Waals surface area contributed by atoms with E-state index in [1.807, 2.05) is 18.2 Å². The fourth-order valence-electron chi connectivity index (χ4n) is 4.12. The molecule has 1 saturated heterocycles. The van der Waals surface area contributed by atoms with Crippen molar-refractivity contribution in [1.82, 2.24) is 9.88 Å². The van der Waals surface area contributed by atoms with E-state index >= 15 is 0 Å². The molecule has 1 fully saturated rings. The Labute approximate surface area is 183 Å². The molecule has 0 spiro atoms. The lowest BCUT2D eigenvalue weighted by Gasteiger charge is -2.22. The molecule has 0 aliphatic carbocycles. The van der Waals surface area contributed by atoms with Gasteiger partial charge in [0.15, 0.2) is 5.58 Å². The third kappa shape index (κ3) is 3.82. The van der Waals surface area contributed by atoms with Gasteiger partial charge < -0.3 is 14.6 Å². The van der Waals surface area contributed by atoms with Crippen molar-refractivity contribution in [3.8, 4) is 11.1 Å². The second-order valence-corrected chi connectivity index (χ2v) is 7.99. The van der Waals surface area contributed by atoms with Crippen LogP contribution in [0.15, 0.2) is 65.1 Å². The number of hydrogen-bond acceptors (Lipinski definition) is 3. The topological polar surface area (TPSA) is 58.4 Å². The highest BCUT2D eigenvalue weighted by molar-refractivity contribution is 5.90. The normalized spacial score (nSPS) is 16.0. The number of anilines is 1. The standard InChI is InChI=1S/C25H21F2N3O2/c1-15-12-16(7-9-20(15)27)17-8-10-23-21(13-17)29-24(32-23)22-6-3-11-30(22)25(31)28-19-5-2-4-18(26)14-19/h2,4-5,7-10,12-14,22H,3,6,11H2,1H3,(H,28,31)/t22-/m0/s1. The van der Waals surface area contributed by atoms with E-state index in [4.69, 9.17) is 4.42 Å². The molecule has 1 aliphatic heterocycles. The van der Waals surface area contributed by atoms with Crippen molar-refractivity contribution >= 4 is 22.8 Å². The predicted molar refractivity (Wildman–Crippen MR) is 118 cm³/mol. The van der Waals surface area contributed by atoms with Crippen molar-refractivity contribution in [2.24, 2.45) is 0 Å². The number of fused-ring (bicyclic) bond motifs is 1. The molecule has 3 aromatic carbocycles. The first kappa shape index (κ1) is 20.2. The van der Waals surface area contributed by atoms with Crippen molar-refractivity contribution in [3.05, 3.63) is 83.8 Å². The molecule has 1 aromatic heterocycles. The Bertz CT molecular complexity index is 1320. The number of urea groups is 1. The van der Waals surface area contributed by atoms with E-state index < -0.39 is 5.82 Å². The van der Waals surface area contributed by atoms with Gasteiger partial charge in [-0.1, -0.05) is 18.2 Å². The first-order chi connectivity index (χ1) is 15.5. The number of benzene rings is 3. The van der Waals surface area contributed by atoms with Gasteiger partial charge in [-0.15, -0.1) is 0 Å². The van der Waals surface area contributed by atoms with E-state index in [9.17, 15) is 13.6 Å². The summed E-state index contributed by atoms with van der Waals surface area (Å²) in [6.07, 6.45) is 1.55. The highest BCUT2D eigenvalue weighted by Gasteiger charge is 2.33. The number of amides is 2. The van der Waals surface area contributed by atoms with Gasteiger partial charge in [-0.3, -0.25) is 0 Å². The monoisotopic (exact) mass is 433 g/mol. The molecule has 0 radical (unpaired) electrons. The largest absolute Gasteiger partial charge is 0.438 e. The summed E-state index contributed by atoms with van der Waals surface area (Å²) < 4.78 is 33.0. The summed E-state index contributed by atoms with van der Waals surface area (Å²) in [6.45, 7) is 2.29. The summed E-state index contributed by atoms with van der Waals surface area (Å²) >= 11 is 0. The fraction of sp³-hybridized carbons (Fsp3) is 0.200. The molecule has 0 bridgehead atoms. The molecule has 7 heteroatoms. The zero-order valence-corrected chi connectivity index (χ0v) is 17.4. The number of oxazole rings is 1. The second-order valence-electron chi connectivity index (χ2n) is 7.99. The summed E-state index contributed by atoms with van der Waals surface area (Å²) in [5.74, 6) is -0.178. The molecule has 2 heterocycles. The van der Waals surface area contributed by atoms with Crippen LogP contribution < -0.4 is 5.32 Å². The van der Waals surface area contributed by atoms with Crippen molar-refractivity contribution < 1.29 is 18.0 Å². The number of carbonyl (C=O) groups excluding carboxylic acids is 1. The minimum atomic E-state index is -0.410. The van der Waals surface area contributed by atoms with Crippen LogP contribution in [0.3, 0.4) is 0 Å². The van der Waals surface area contributed by atoms with Gasteiger partial charge in [-0.05, 0) is 78.9 Å². The highest BCUT2D eigenvalue weighted by Crippen LogP contribution is 2.35. The SMILES string of the molecule is Cc1cc(-c2ccc3oc([C@@H]4CCCN4C(=O)Nc4cccc(F)c4)nc3c2)ccc1F. The summed E-state index contributed by atoms with van der Waals surface area (Å²) in [5, 5.41) is 2.75. The lowest BCUT2D eigenvalue weighted by atomic mass is 10.0. The number of carbonyl (C=O) groups is 1. The Morgan fingerprint density at radius 2 is 1.91 bits per heavy atom. The number of aryl methyl sites for hydroxylation is 1. The number of hydrogen-bond donors (Lipinski definition) is 1. The number of halogens is 2. The molecule has 0 saturated carbocycles. The van der Waals surface area contributed by atoms with Crippen molar-refractivity contribution in [3.63, 3.8) is 0 Å². The minimum Gasteiger partial charge on any atom is -0.438 e. The lowest BCUT2D eigenvalue weighted by molar-refractivity contribution is 0.199. The number of nitrogens with zero attached hydrogens (tertiary/aromatic N) is 2. The molecule has 1 N–H and O–H groups in total. The van der Waals surface area contributed by atoms with E-state index in [2.05, 4.69) is 10.3 Å². The maximum Gasteiger partial charge on any atom is 0.322 e. The van der Waals surface area contributed by atoms with Gasteiger partial charge >= 0.3 is 6.03 Å². The van der Waals surface area contributed by atoms with Gasteiger partial charge in [0.25, 0.3) is 0 Å². The molecule has 5 rings (SSSR count). The van der Waals surface area contributed by atoms with Crippen LogP contribution in [-0.4, -0.2) is 22.5 Å². The van der Waals surface area contributed by atoms with Crippen molar-refractivity contribution in [2.75, 3.05) is 11.9 Å². The maximum atomic E-state index is 13.6. The van der Waals surface area contributed by atoms with E-state index in [0.717, 1.165) is 24.0 Å². The fourth-order valence-corrected chi connectivity index (χ4v) is 4.12. The van der Waals surface area contributed by atoms with Gasteiger partial charge in [0.2, 0.25) is 5.89 Å². The summed E-state index contributed by atoms with van der Waals surface area (Å²) in [7, 11) is 0. The highest BCUT2D eigenvalue weighted by atomic mass is 19.1. The third-order valence-corrected chi connectivity index (χ3v) is 5.77. The summed E-state index contributed by atoms with van der Waals surface area (Å²) in [5.41, 5.74) is 4.09. The minimum absolute atomic E-state index is 0.239. The molecule has 2 amide bonds. The maximum absolute atomic E-state index is 13.6. The van der Waals surface area contributed by atoms with Crippen LogP contribution in [-0.2, 0) is 0 Å². The van der Waals surface area contributed by atoms with Crippen molar-refractivity contribution in [2.45, 2.75) is 25.8 Å². The quantitative estimate of drug-likeness (QED) is 0.404. The van der Waals surface area contributed by atoms with E-state index in [1.54, 1.807) is 36.1 Å². The summed E-state index contributed by atoms with van der Waals surface area (Å²) in [4.78, 5) is 19.1. The Morgan fingerprint density at radius 1 is 1.09 bits per heavy atom. The van der Waals surface area contributed by atoms with E-state index in [0.29, 0.717) is 34.8 Å². The molecular weight excluding hydrogens is 412 g/mol. The van der Waals surface area contributed by atoms with E-state index in [1.165, 1.54) is 18.2 Å². The Kier molecular flexibility index (Phi) is 5.09. The van der Waals surface area contributed by atoms with Crippen LogP contribution in [0.5, 0.6) is 0 Å². The molecule has 1 aliphatic rings. The molecule has 1 atom stereocenters. The van der Waals surface area contributed by atoms with Crippen LogP contribution in [0.25, 0.3) is 22.2 Å². The predicted octanol–water partition coefficient (Wildman–Crippen LogP) is 6.45. The average molecular weight is 433 g/mol. The van der Waals surface area contributed by atoms with E-state index in [-0.39, 0.29) is 17.9 Å². The smallest absolute Gasteiger partial charge is 0.322 e. The number of nitrogens with one attached hydrogen (secondary N) is 1. The average Bonchev–Trinajstić information content (AvgIpc) is 3.42. The molecule has 5 nitrogen and oxygen atoms in total. The zero-order valence-electron chi connectivity index (χ0n) is 17.4. The number of aromatic nitrogens is 1. The Balaban J connectivity index is 1.40. The first-order valence-corrected chi connectivity index (χ1v) is 10.5. The third-order valence-electron chi connectivity index (χ3n) is 5.77. The number of rotatable bonds is 3. The van der Waals surface area contributed by atoms with Crippen LogP contribution in [0.2, 0.25) is 0 Å². The van der Waals surface area contributed by atoms with Crippen LogP contribution >= 0.6 is 0 Å².